The maximum absolute atomic E-state index is 13.0. The first kappa shape index (κ1) is 22.1. The van der Waals surface area contributed by atoms with Gasteiger partial charge >= 0.3 is 0 Å². The van der Waals surface area contributed by atoms with E-state index in [-0.39, 0.29) is 49.9 Å². The first-order valence-corrected chi connectivity index (χ1v) is 10.4. The molecule has 0 aromatic heterocycles. The van der Waals surface area contributed by atoms with E-state index in [9.17, 15) is 28.8 Å². The van der Waals surface area contributed by atoms with E-state index in [2.05, 4.69) is 15.8 Å². The van der Waals surface area contributed by atoms with Gasteiger partial charge in [0.15, 0.2) is 0 Å². The minimum absolute atomic E-state index is 0.0300. The molecule has 10 heteroatoms. The number of benzene rings is 2. The number of carbonyl (C=O) groups excluding carboxylic acids is 4. The number of fused-ring (bicyclic) bond motifs is 1. The average molecular weight is 452 g/mol. The van der Waals surface area contributed by atoms with Crippen molar-refractivity contribution in [2.24, 2.45) is 5.16 Å². The van der Waals surface area contributed by atoms with Crippen molar-refractivity contribution in [3.05, 3.63) is 70.5 Å². The molecule has 33 heavy (non-hydrogen) atoms. The molecular formula is C23H21FN4O5. The second-order valence-electron chi connectivity index (χ2n) is 7.92. The van der Waals surface area contributed by atoms with Crippen LogP contribution in [0.25, 0.3) is 0 Å². The van der Waals surface area contributed by atoms with Crippen LogP contribution in [0.2, 0.25) is 0 Å². The summed E-state index contributed by atoms with van der Waals surface area (Å²) in [5.74, 6) is -2.08. The Labute approximate surface area is 188 Å². The number of amides is 4. The summed E-state index contributed by atoms with van der Waals surface area (Å²) in [6.07, 6.45) is 0.493. The molecule has 1 saturated heterocycles. The Bertz CT molecular complexity index is 1160. The molecule has 0 spiro atoms. The zero-order valence-electron chi connectivity index (χ0n) is 17.5. The summed E-state index contributed by atoms with van der Waals surface area (Å²) >= 11 is 0. The molecule has 3 N–H and O–H groups in total. The van der Waals surface area contributed by atoms with Gasteiger partial charge in [0.25, 0.3) is 11.8 Å². The first-order valence-electron chi connectivity index (χ1n) is 10.4. The van der Waals surface area contributed by atoms with E-state index < -0.39 is 23.7 Å². The molecule has 0 aliphatic carbocycles. The average Bonchev–Trinajstić information content (AvgIpc) is 3.12. The third-order valence-electron chi connectivity index (χ3n) is 5.71. The summed E-state index contributed by atoms with van der Waals surface area (Å²) in [6.45, 7) is 0.358. The third kappa shape index (κ3) is 4.74. The Morgan fingerprint density at radius 2 is 1.88 bits per heavy atom. The maximum atomic E-state index is 13.0. The molecular weight excluding hydrogens is 431 g/mol. The number of nitrogens with one attached hydrogen (secondary N) is 2. The monoisotopic (exact) mass is 452 g/mol. The van der Waals surface area contributed by atoms with Gasteiger partial charge in [0.2, 0.25) is 11.8 Å². The van der Waals surface area contributed by atoms with Crippen molar-refractivity contribution in [2.45, 2.75) is 38.4 Å². The number of imide groups is 1. The van der Waals surface area contributed by atoms with Gasteiger partial charge in [0, 0.05) is 31.5 Å². The lowest BCUT2D eigenvalue weighted by Crippen LogP contribution is -2.52. The van der Waals surface area contributed by atoms with Gasteiger partial charge in [-0.05, 0) is 41.3 Å². The van der Waals surface area contributed by atoms with Gasteiger partial charge < -0.3 is 15.4 Å². The molecule has 2 aromatic rings. The second-order valence-corrected chi connectivity index (χ2v) is 7.92. The highest BCUT2D eigenvalue weighted by Crippen LogP contribution is 2.28. The number of rotatable bonds is 6. The summed E-state index contributed by atoms with van der Waals surface area (Å²) < 4.78 is 13.0. The normalized spacial score (nSPS) is 18.2. The lowest BCUT2D eigenvalue weighted by Gasteiger charge is -2.29. The Morgan fingerprint density at radius 3 is 2.58 bits per heavy atom. The van der Waals surface area contributed by atoms with Crippen LogP contribution < -0.4 is 10.6 Å². The van der Waals surface area contributed by atoms with E-state index in [0.717, 1.165) is 11.1 Å². The lowest BCUT2D eigenvalue weighted by atomic mass is 10.0. The van der Waals surface area contributed by atoms with Crippen LogP contribution in [0.1, 0.15) is 39.9 Å². The van der Waals surface area contributed by atoms with Crippen molar-refractivity contribution in [2.75, 3.05) is 0 Å². The van der Waals surface area contributed by atoms with Gasteiger partial charge in [-0.25, -0.2) is 4.39 Å². The highest BCUT2D eigenvalue weighted by Gasteiger charge is 2.39. The molecule has 1 fully saturated rings. The van der Waals surface area contributed by atoms with Crippen LogP contribution in [0.5, 0.6) is 0 Å². The summed E-state index contributed by atoms with van der Waals surface area (Å²) in [7, 11) is 0. The van der Waals surface area contributed by atoms with Crippen LogP contribution in [-0.4, -0.2) is 45.5 Å². The Hall–Kier alpha value is -4.08. The van der Waals surface area contributed by atoms with E-state index in [4.69, 9.17) is 0 Å². The van der Waals surface area contributed by atoms with Crippen LogP contribution in [0.15, 0.2) is 47.6 Å². The van der Waals surface area contributed by atoms with Gasteiger partial charge in [-0.15, -0.1) is 0 Å². The minimum Gasteiger partial charge on any atom is -0.410 e. The molecule has 2 aliphatic rings. The Kier molecular flexibility index (Phi) is 6.16. The third-order valence-corrected chi connectivity index (χ3v) is 5.71. The second kappa shape index (κ2) is 9.19. The molecule has 1 atom stereocenters. The van der Waals surface area contributed by atoms with Crippen molar-refractivity contribution in [1.82, 2.24) is 15.5 Å². The largest absolute Gasteiger partial charge is 0.410 e. The predicted octanol–water partition coefficient (Wildman–Crippen LogP) is 1.28. The number of halogens is 1. The number of oxime groups is 1. The van der Waals surface area contributed by atoms with Crippen LogP contribution in [0.3, 0.4) is 0 Å². The van der Waals surface area contributed by atoms with Crippen molar-refractivity contribution >= 4 is 29.3 Å². The van der Waals surface area contributed by atoms with E-state index in [1.165, 1.54) is 29.2 Å². The molecule has 2 aliphatic heterocycles. The van der Waals surface area contributed by atoms with Crippen LogP contribution >= 0.6 is 0 Å². The zero-order chi connectivity index (χ0) is 23.5. The number of nitrogens with zero attached hydrogens (tertiary/aromatic N) is 2. The fourth-order valence-electron chi connectivity index (χ4n) is 3.98. The smallest absolute Gasteiger partial charge is 0.269 e. The quantitative estimate of drug-likeness (QED) is 0.263. The van der Waals surface area contributed by atoms with E-state index in [0.29, 0.717) is 11.1 Å². The lowest BCUT2D eigenvalue weighted by molar-refractivity contribution is -0.137. The summed E-state index contributed by atoms with van der Waals surface area (Å²) in [5, 5.41) is 17.2. The van der Waals surface area contributed by atoms with E-state index in [1.54, 1.807) is 18.2 Å². The molecule has 0 saturated carbocycles. The van der Waals surface area contributed by atoms with Crippen molar-refractivity contribution in [3.8, 4) is 0 Å². The zero-order valence-corrected chi connectivity index (χ0v) is 17.5. The van der Waals surface area contributed by atoms with Crippen molar-refractivity contribution in [3.63, 3.8) is 0 Å². The molecule has 2 heterocycles. The molecule has 1 unspecified atom stereocenters. The van der Waals surface area contributed by atoms with Gasteiger partial charge in [-0.2, -0.15) is 0 Å². The minimum atomic E-state index is -0.694. The fraction of sp³-hybridized carbons (Fsp3) is 0.261. The fourth-order valence-corrected chi connectivity index (χ4v) is 3.98. The predicted molar refractivity (Wildman–Crippen MR) is 114 cm³/mol. The Balaban J connectivity index is 1.38. The van der Waals surface area contributed by atoms with Crippen molar-refractivity contribution < 1.29 is 28.8 Å². The van der Waals surface area contributed by atoms with Crippen LogP contribution in [0.4, 0.5) is 4.39 Å². The molecule has 4 amide bonds. The van der Waals surface area contributed by atoms with Gasteiger partial charge in [-0.3, -0.25) is 24.5 Å². The van der Waals surface area contributed by atoms with Crippen molar-refractivity contribution in [1.29, 1.82) is 0 Å². The standard InChI is InChI=1S/C23H21FN4O5/c24-16-4-1-13(2-5-16)10-18(27-33)21(30)25-11-14-3-6-17-15(9-14)12-28(23(17)32)19-7-8-20(29)26-22(19)31/h1-6,9,19,33H,7-8,10-12H2,(H,25,30)(H,26,29,31)/b27-18+. The molecule has 0 bridgehead atoms. The molecule has 4 rings (SSSR count). The van der Waals surface area contributed by atoms with E-state index in [1.807, 2.05) is 0 Å². The summed E-state index contributed by atoms with van der Waals surface area (Å²) in [6, 6.07) is 9.93. The number of carbonyl (C=O) groups is 4. The van der Waals surface area contributed by atoms with Gasteiger partial charge in [0.1, 0.15) is 17.6 Å². The molecule has 9 nitrogen and oxygen atoms in total. The molecule has 170 valence electrons. The summed E-state index contributed by atoms with van der Waals surface area (Å²) in [4.78, 5) is 50.1. The number of piperidine rings is 1. The van der Waals surface area contributed by atoms with Gasteiger partial charge in [0.05, 0.1) is 0 Å². The highest BCUT2D eigenvalue weighted by molar-refractivity contribution is 6.39. The topological polar surface area (TPSA) is 128 Å². The number of hydrogen-bond acceptors (Lipinski definition) is 6. The highest BCUT2D eigenvalue weighted by atomic mass is 19.1. The van der Waals surface area contributed by atoms with E-state index >= 15 is 0 Å². The first-order chi connectivity index (χ1) is 15.9. The van der Waals surface area contributed by atoms with Gasteiger partial charge in [-0.1, -0.05) is 29.4 Å². The maximum Gasteiger partial charge on any atom is 0.269 e. The van der Waals surface area contributed by atoms with Crippen LogP contribution in [0, 0.1) is 5.82 Å². The van der Waals surface area contributed by atoms with Crippen LogP contribution in [-0.2, 0) is 33.9 Å². The Morgan fingerprint density at radius 1 is 1.15 bits per heavy atom. The SMILES string of the molecule is O=C1CCC(N2Cc3cc(CNC(=O)/C(Cc4ccc(F)cc4)=N/O)ccc3C2=O)C(=O)N1. The molecule has 2 aromatic carbocycles. The summed E-state index contributed by atoms with van der Waals surface area (Å²) in [5.41, 5.74) is 2.41. The molecule has 0 radical (unpaired) electrons. The number of hydrogen-bond donors (Lipinski definition) is 3.